The minimum atomic E-state index is -5.67. The predicted octanol–water partition coefficient (Wildman–Crippen LogP) is 0.00452. The number of nitrogens with zero attached hydrogens (tertiary/aromatic N) is 1. The van der Waals surface area contributed by atoms with Gasteiger partial charge < -0.3 is 29.0 Å². The average Bonchev–Trinajstić information content (AvgIpc) is 2.96. The monoisotopic (exact) mass is 508 g/mol. The number of hydrogen-bond donors (Lipinski definition) is 5. The van der Waals surface area contributed by atoms with Crippen LogP contribution in [0.1, 0.15) is 18.2 Å². The minimum absolute atomic E-state index is 0.0157. The van der Waals surface area contributed by atoms with E-state index in [4.69, 9.17) is 24.2 Å². The highest BCUT2D eigenvalue weighted by atomic mass is 31.3. The fourth-order valence-corrected chi connectivity index (χ4v) is 5.59. The number of nitrogens with one attached hydrogen (secondary N) is 1. The van der Waals surface area contributed by atoms with Gasteiger partial charge in [0.25, 0.3) is 5.56 Å². The van der Waals surface area contributed by atoms with Crippen molar-refractivity contribution in [1.29, 1.82) is 0 Å². The third kappa shape index (κ3) is 7.59. The van der Waals surface area contributed by atoms with Crippen molar-refractivity contribution in [2.45, 2.75) is 31.8 Å². The first-order valence-electron chi connectivity index (χ1n) is 8.15. The van der Waals surface area contributed by atoms with Crippen LogP contribution in [0.15, 0.2) is 28.6 Å². The summed E-state index contributed by atoms with van der Waals surface area (Å²) in [5.74, 6) is 0. The van der Waals surface area contributed by atoms with Gasteiger partial charge in [0.1, 0.15) is 18.4 Å². The molecule has 0 spiro atoms. The molecule has 0 saturated carbocycles. The zero-order chi connectivity index (χ0) is 23.6. The van der Waals surface area contributed by atoms with Gasteiger partial charge in [-0.15, -0.1) is 0 Å². The van der Waals surface area contributed by atoms with Gasteiger partial charge in [0.2, 0.25) is 0 Å². The molecule has 1 aromatic heterocycles. The SMILES string of the molecule is C=CO[C@@H]1C[C@H](n2cc(C)c(=O)[nH]c2=O)O[C@@H]1COP(=O)(O)OP(=O)(O)OP(=O)(O)O. The van der Waals surface area contributed by atoms with Gasteiger partial charge in [0.05, 0.1) is 12.9 Å². The lowest BCUT2D eigenvalue weighted by Crippen LogP contribution is -2.33. The molecule has 5 atom stereocenters. The minimum Gasteiger partial charge on any atom is -0.496 e. The zero-order valence-electron chi connectivity index (χ0n) is 15.7. The van der Waals surface area contributed by atoms with Gasteiger partial charge in [-0.1, -0.05) is 6.58 Å². The summed E-state index contributed by atoms with van der Waals surface area (Å²) >= 11 is 0. The van der Waals surface area contributed by atoms with Crippen LogP contribution in [0, 0.1) is 6.92 Å². The summed E-state index contributed by atoms with van der Waals surface area (Å²) in [4.78, 5) is 61.4. The fourth-order valence-electron chi connectivity index (χ4n) is 2.56. The van der Waals surface area contributed by atoms with Crippen molar-refractivity contribution in [3.63, 3.8) is 0 Å². The van der Waals surface area contributed by atoms with E-state index in [2.05, 4.69) is 24.7 Å². The van der Waals surface area contributed by atoms with Crippen LogP contribution in [-0.4, -0.2) is 47.9 Å². The summed E-state index contributed by atoms with van der Waals surface area (Å²) in [5, 5.41) is 0. The van der Waals surface area contributed by atoms with Crippen LogP contribution < -0.4 is 11.2 Å². The number of phosphoric ester groups is 1. The van der Waals surface area contributed by atoms with E-state index in [9.17, 15) is 28.2 Å². The molecule has 1 aliphatic rings. The molecule has 0 aromatic carbocycles. The van der Waals surface area contributed by atoms with E-state index in [-0.39, 0.29) is 12.0 Å². The maximum Gasteiger partial charge on any atom is 0.490 e. The van der Waals surface area contributed by atoms with Crippen molar-refractivity contribution in [2.24, 2.45) is 0 Å². The van der Waals surface area contributed by atoms with Crippen LogP contribution in [0.4, 0.5) is 0 Å². The number of hydrogen-bond acceptors (Lipinski definition) is 10. The van der Waals surface area contributed by atoms with Crippen LogP contribution in [0.25, 0.3) is 0 Å². The molecule has 176 valence electrons. The standard InChI is InChI=1S/C12H19N2O14P3/c1-3-24-8-4-10(14-5-7(2)11(15)13-12(14)16)26-9(8)6-25-30(20,21)28-31(22,23)27-29(17,18)19/h3,5,8-10H,1,4,6H2,2H3,(H,20,21)(H,22,23)(H,13,15,16)(H2,17,18,19)/t8-,9-,10-/m1/s1. The van der Waals surface area contributed by atoms with Gasteiger partial charge in [0.15, 0.2) is 0 Å². The van der Waals surface area contributed by atoms with E-state index in [1.807, 2.05) is 0 Å². The van der Waals surface area contributed by atoms with E-state index < -0.39 is 59.8 Å². The lowest BCUT2D eigenvalue weighted by Gasteiger charge is -2.20. The molecule has 5 N–H and O–H groups in total. The zero-order valence-corrected chi connectivity index (χ0v) is 18.4. The van der Waals surface area contributed by atoms with Crippen LogP contribution in [0.5, 0.6) is 0 Å². The van der Waals surface area contributed by atoms with Crippen LogP contribution in [0.3, 0.4) is 0 Å². The molecule has 1 fully saturated rings. The molecule has 1 aromatic rings. The highest BCUT2D eigenvalue weighted by Crippen LogP contribution is 2.66. The third-order valence-electron chi connectivity index (χ3n) is 3.73. The molecule has 2 rings (SSSR count). The van der Waals surface area contributed by atoms with Crippen molar-refractivity contribution < 1.29 is 55.9 Å². The van der Waals surface area contributed by atoms with Crippen molar-refractivity contribution >= 4 is 23.5 Å². The van der Waals surface area contributed by atoms with Crippen molar-refractivity contribution in [1.82, 2.24) is 9.55 Å². The average molecular weight is 508 g/mol. The number of aryl methyl sites for hydroxylation is 1. The van der Waals surface area contributed by atoms with Gasteiger partial charge >= 0.3 is 29.2 Å². The Morgan fingerprint density at radius 3 is 2.45 bits per heavy atom. The molecule has 19 heteroatoms. The van der Waals surface area contributed by atoms with E-state index in [0.717, 1.165) is 10.8 Å². The fraction of sp³-hybridized carbons (Fsp3) is 0.500. The molecule has 2 unspecified atom stereocenters. The molecule has 0 aliphatic carbocycles. The number of rotatable bonds is 10. The first-order valence-corrected chi connectivity index (χ1v) is 12.7. The highest BCUT2D eigenvalue weighted by Gasteiger charge is 2.43. The largest absolute Gasteiger partial charge is 0.496 e. The van der Waals surface area contributed by atoms with E-state index in [1.54, 1.807) is 0 Å². The second-order valence-electron chi connectivity index (χ2n) is 6.07. The lowest BCUT2D eigenvalue weighted by molar-refractivity contribution is -0.0471. The molecule has 2 heterocycles. The lowest BCUT2D eigenvalue weighted by atomic mass is 10.2. The Bertz CT molecular complexity index is 1080. The predicted molar refractivity (Wildman–Crippen MR) is 99.5 cm³/mol. The maximum absolute atomic E-state index is 12.0. The summed E-state index contributed by atoms with van der Waals surface area (Å²) in [6, 6.07) is 0. The second-order valence-corrected chi connectivity index (χ2v) is 10.5. The van der Waals surface area contributed by atoms with E-state index >= 15 is 0 Å². The van der Waals surface area contributed by atoms with Crippen LogP contribution in [0.2, 0.25) is 0 Å². The first kappa shape index (κ1) is 25.8. The molecular weight excluding hydrogens is 489 g/mol. The quantitative estimate of drug-likeness (QED) is 0.207. The smallest absolute Gasteiger partial charge is 0.490 e. The van der Waals surface area contributed by atoms with Crippen LogP contribution in [-0.2, 0) is 36.3 Å². The number of H-pyrrole nitrogens is 1. The molecular formula is C12H19N2O14P3. The Hall–Kier alpha value is -1.41. The summed E-state index contributed by atoms with van der Waals surface area (Å²) in [7, 11) is -16.6. The van der Waals surface area contributed by atoms with Gasteiger partial charge in [-0.2, -0.15) is 8.62 Å². The van der Waals surface area contributed by atoms with Crippen molar-refractivity contribution in [3.05, 3.63) is 45.4 Å². The van der Waals surface area contributed by atoms with E-state index in [1.165, 1.54) is 13.1 Å². The van der Waals surface area contributed by atoms with Gasteiger partial charge in [0, 0.05) is 18.2 Å². The topological polar surface area (TPSA) is 233 Å². The van der Waals surface area contributed by atoms with Crippen molar-refractivity contribution in [3.8, 4) is 0 Å². The number of phosphoric acid groups is 3. The highest BCUT2D eigenvalue weighted by molar-refractivity contribution is 7.66. The molecule has 1 saturated heterocycles. The Morgan fingerprint density at radius 2 is 1.87 bits per heavy atom. The molecule has 0 bridgehead atoms. The van der Waals surface area contributed by atoms with Gasteiger partial charge in [-0.05, 0) is 6.92 Å². The Labute approximate surface area is 173 Å². The van der Waals surface area contributed by atoms with Gasteiger partial charge in [-0.3, -0.25) is 18.9 Å². The number of aromatic nitrogens is 2. The first-order chi connectivity index (χ1) is 14.1. The summed E-state index contributed by atoms with van der Waals surface area (Å²) in [5.41, 5.74) is -1.17. The summed E-state index contributed by atoms with van der Waals surface area (Å²) < 4.78 is 57.5. The Balaban J connectivity index is 2.12. The molecule has 0 radical (unpaired) electrons. The van der Waals surface area contributed by atoms with E-state index in [0.29, 0.717) is 0 Å². The molecule has 1 aliphatic heterocycles. The van der Waals surface area contributed by atoms with Crippen LogP contribution >= 0.6 is 23.5 Å². The molecule has 31 heavy (non-hydrogen) atoms. The molecule has 16 nitrogen and oxygen atoms in total. The normalized spacial score (nSPS) is 25.5. The Morgan fingerprint density at radius 1 is 1.23 bits per heavy atom. The van der Waals surface area contributed by atoms with Crippen molar-refractivity contribution in [2.75, 3.05) is 6.61 Å². The third-order valence-corrected chi connectivity index (χ3v) is 7.53. The summed E-state index contributed by atoms with van der Waals surface area (Å²) in [6.07, 6.45) is -0.693. The number of ether oxygens (including phenoxy) is 2. The summed E-state index contributed by atoms with van der Waals surface area (Å²) in [6.45, 7) is 4.04. The second kappa shape index (κ2) is 9.61. The Kier molecular flexibility index (Phi) is 8.01. The maximum atomic E-state index is 12.0. The van der Waals surface area contributed by atoms with Gasteiger partial charge in [-0.25, -0.2) is 18.5 Å². The number of aromatic amines is 1. The molecule has 0 amide bonds.